The van der Waals surface area contributed by atoms with Crippen LogP contribution in [-0.2, 0) is 21.3 Å². The van der Waals surface area contributed by atoms with Crippen molar-refractivity contribution in [2.75, 3.05) is 29.9 Å². The molecule has 0 spiro atoms. The van der Waals surface area contributed by atoms with Gasteiger partial charge in [0.15, 0.2) is 0 Å². The number of ether oxygens (including phenoxy) is 2. The number of fused-ring (bicyclic) bond motifs is 4. The van der Waals surface area contributed by atoms with Crippen molar-refractivity contribution in [3.05, 3.63) is 83.3 Å². The van der Waals surface area contributed by atoms with Gasteiger partial charge in [0, 0.05) is 43.1 Å². The SMILES string of the molecule is Cc1cccc(C)c1-c1cc2nc(n1)NS(=O)(=O)c1cccc(c1)C(=O)N(Cc1cncc(N(C)C3CC(F)(F)C3)n1)[C@H](COC(C)C)CO2. The molecule has 3 heterocycles. The van der Waals surface area contributed by atoms with E-state index in [2.05, 4.69) is 24.7 Å². The van der Waals surface area contributed by atoms with Crippen molar-refractivity contribution in [3.8, 4) is 17.1 Å². The van der Waals surface area contributed by atoms with Gasteiger partial charge in [0.25, 0.3) is 21.9 Å². The van der Waals surface area contributed by atoms with E-state index in [0.29, 0.717) is 17.2 Å². The molecule has 1 N–H and O–H groups in total. The van der Waals surface area contributed by atoms with Gasteiger partial charge >= 0.3 is 0 Å². The minimum atomic E-state index is -4.25. The number of carbonyl (C=O) groups is 1. The van der Waals surface area contributed by atoms with Crippen LogP contribution in [0, 0.1) is 13.8 Å². The summed E-state index contributed by atoms with van der Waals surface area (Å²) in [6.45, 7) is 7.51. The zero-order valence-corrected chi connectivity index (χ0v) is 29.2. The van der Waals surface area contributed by atoms with Crippen molar-refractivity contribution >= 4 is 27.7 Å². The topological polar surface area (TPSA) is 140 Å². The predicted molar refractivity (Wildman–Crippen MR) is 183 cm³/mol. The molecule has 2 aromatic carbocycles. The Bertz CT molecular complexity index is 1980. The molecule has 0 saturated heterocycles. The second-order valence-corrected chi connectivity index (χ2v) is 14.7. The summed E-state index contributed by atoms with van der Waals surface area (Å²) >= 11 is 0. The van der Waals surface area contributed by atoms with Gasteiger partial charge in [-0.2, -0.15) is 4.98 Å². The van der Waals surface area contributed by atoms with Crippen molar-refractivity contribution in [2.45, 2.75) is 76.1 Å². The first-order valence-electron chi connectivity index (χ1n) is 16.2. The molecule has 0 unspecified atom stereocenters. The number of alkyl halides is 2. The van der Waals surface area contributed by atoms with Gasteiger partial charge in [-0.3, -0.25) is 9.78 Å². The standard InChI is InChI=1S/C35H39F2N7O5S/c1-21(2)48-19-27-20-49-31-13-29(32-22(3)8-6-9-23(32)4)40-34(41-31)42-50(46,47)28-11-7-10-24(12-28)33(45)44(27)18-25-16-38-17-30(39-25)43(5)26-14-35(36,37)15-26/h6-13,16-17,21,26-27H,14-15,18-20H2,1-5H3,(H,40,41,42)/t27-/m1/s1. The molecule has 15 heteroatoms. The Morgan fingerprint density at radius 1 is 1.06 bits per heavy atom. The third kappa shape index (κ3) is 7.68. The molecule has 1 aliphatic carbocycles. The van der Waals surface area contributed by atoms with Gasteiger partial charge in [0.2, 0.25) is 11.8 Å². The second kappa shape index (κ2) is 13.9. The molecule has 6 rings (SSSR count). The maximum atomic E-state index is 14.4. The highest BCUT2D eigenvalue weighted by Crippen LogP contribution is 2.41. The van der Waals surface area contributed by atoms with Crippen molar-refractivity contribution in [1.29, 1.82) is 0 Å². The molecule has 0 radical (unpaired) electrons. The van der Waals surface area contributed by atoms with Gasteiger partial charge in [-0.1, -0.05) is 24.3 Å². The summed E-state index contributed by atoms with van der Waals surface area (Å²) in [4.78, 5) is 35.3. The fourth-order valence-corrected chi connectivity index (χ4v) is 7.01. The molecule has 50 heavy (non-hydrogen) atoms. The summed E-state index contributed by atoms with van der Waals surface area (Å²) in [5.74, 6) is -2.93. The van der Waals surface area contributed by atoms with Crippen LogP contribution in [0.25, 0.3) is 11.3 Å². The zero-order chi connectivity index (χ0) is 35.8. The first kappa shape index (κ1) is 35.1. The average Bonchev–Trinajstić information content (AvgIpc) is 3.05. The van der Waals surface area contributed by atoms with E-state index >= 15 is 0 Å². The molecule has 2 aliphatic rings. The molecule has 1 fully saturated rings. The van der Waals surface area contributed by atoms with E-state index in [1.165, 1.54) is 41.6 Å². The normalized spacial score (nSPS) is 18.6. The summed E-state index contributed by atoms with van der Waals surface area (Å²) in [5, 5.41) is 0. The highest BCUT2D eigenvalue weighted by molar-refractivity contribution is 7.92. The van der Waals surface area contributed by atoms with Crippen LogP contribution in [0.1, 0.15) is 53.9 Å². The summed E-state index contributed by atoms with van der Waals surface area (Å²) in [6, 6.07) is 12.0. The van der Waals surface area contributed by atoms with Crippen LogP contribution in [0.5, 0.6) is 5.88 Å². The lowest BCUT2D eigenvalue weighted by Crippen LogP contribution is -2.49. The lowest BCUT2D eigenvalue weighted by molar-refractivity contribution is -0.0850. The Morgan fingerprint density at radius 2 is 1.78 bits per heavy atom. The Morgan fingerprint density at radius 3 is 2.48 bits per heavy atom. The molecule has 1 atom stereocenters. The average molecular weight is 708 g/mol. The zero-order valence-electron chi connectivity index (χ0n) is 28.4. The molecule has 4 aromatic rings. The van der Waals surface area contributed by atoms with E-state index in [9.17, 15) is 22.0 Å². The molecule has 1 saturated carbocycles. The maximum absolute atomic E-state index is 14.4. The van der Waals surface area contributed by atoms with Gasteiger partial charge < -0.3 is 19.3 Å². The number of aromatic nitrogens is 4. The van der Waals surface area contributed by atoms with Crippen LogP contribution in [0.2, 0.25) is 0 Å². The van der Waals surface area contributed by atoms with Crippen LogP contribution >= 0.6 is 0 Å². The number of rotatable bonds is 8. The molecule has 1 amide bonds. The Balaban J connectivity index is 1.42. The Kier molecular flexibility index (Phi) is 9.73. The van der Waals surface area contributed by atoms with E-state index in [0.717, 1.165) is 16.7 Å². The van der Waals surface area contributed by atoms with E-state index < -0.39 is 33.9 Å². The first-order valence-corrected chi connectivity index (χ1v) is 17.7. The van der Waals surface area contributed by atoms with Crippen LogP contribution in [0.15, 0.2) is 65.8 Å². The third-order valence-electron chi connectivity index (χ3n) is 8.79. The number of benzene rings is 2. The maximum Gasteiger partial charge on any atom is 0.264 e. The summed E-state index contributed by atoms with van der Waals surface area (Å²) < 4.78 is 69.3. The minimum Gasteiger partial charge on any atom is -0.475 e. The van der Waals surface area contributed by atoms with Crippen molar-refractivity contribution in [3.63, 3.8) is 0 Å². The quantitative estimate of drug-likeness (QED) is 0.253. The third-order valence-corrected chi connectivity index (χ3v) is 10.1. The largest absolute Gasteiger partial charge is 0.475 e. The van der Waals surface area contributed by atoms with Crippen molar-refractivity contribution in [2.24, 2.45) is 0 Å². The first-order chi connectivity index (χ1) is 23.7. The Hall–Kier alpha value is -4.76. The van der Waals surface area contributed by atoms with Gasteiger partial charge in [0.05, 0.1) is 54.0 Å². The molecule has 12 nitrogen and oxygen atoms in total. The lowest BCUT2D eigenvalue weighted by atomic mass is 9.87. The predicted octanol–water partition coefficient (Wildman–Crippen LogP) is 5.41. The summed E-state index contributed by atoms with van der Waals surface area (Å²) in [7, 11) is -2.56. The number of nitrogens with one attached hydrogen (secondary N) is 1. The number of carbonyl (C=O) groups excluding carboxylic acids is 1. The number of anilines is 2. The summed E-state index contributed by atoms with van der Waals surface area (Å²) in [5.41, 5.74) is 3.60. The smallest absolute Gasteiger partial charge is 0.264 e. The number of aryl methyl sites for hydroxylation is 2. The number of halogens is 2. The lowest BCUT2D eigenvalue weighted by Gasteiger charge is -2.41. The fraction of sp³-hybridized carbons (Fsp3) is 0.400. The van der Waals surface area contributed by atoms with Gasteiger partial charge in [-0.15, -0.1) is 0 Å². The second-order valence-electron chi connectivity index (χ2n) is 13.0. The Labute approximate surface area is 289 Å². The van der Waals surface area contributed by atoms with E-state index in [-0.39, 0.29) is 61.0 Å². The highest BCUT2D eigenvalue weighted by Gasteiger charge is 2.47. The molecular formula is C35H39F2N7O5S. The fourth-order valence-electron chi connectivity index (χ4n) is 6.02. The highest BCUT2D eigenvalue weighted by atomic mass is 32.2. The summed E-state index contributed by atoms with van der Waals surface area (Å²) in [6.07, 6.45) is 2.24. The number of hydrogen-bond acceptors (Lipinski definition) is 10. The number of sulfonamides is 1. The number of amides is 1. The van der Waals surface area contributed by atoms with Crippen molar-refractivity contribution in [1.82, 2.24) is 24.8 Å². The van der Waals surface area contributed by atoms with Gasteiger partial charge in [0.1, 0.15) is 12.4 Å². The van der Waals surface area contributed by atoms with E-state index in [4.69, 9.17) is 9.47 Å². The van der Waals surface area contributed by atoms with Gasteiger partial charge in [-0.05, 0) is 57.0 Å². The van der Waals surface area contributed by atoms with Crippen LogP contribution in [0.4, 0.5) is 20.5 Å². The van der Waals surface area contributed by atoms with E-state index in [1.54, 1.807) is 18.0 Å². The van der Waals surface area contributed by atoms with Crippen LogP contribution in [-0.4, -0.2) is 83.5 Å². The van der Waals surface area contributed by atoms with Crippen molar-refractivity contribution < 1.29 is 31.5 Å². The molecular weight excluding hydrogens is 668 g/mol. The molecule has 264 valence electrons. The van der Waals surface area contributed by atoms with E-state index in [1.807, 2.05) is 45.9 Å². The molecule has 4 bridgehead atoms. The molecule has 2 aromatic heterocycles. The minimum absolute atomic E-state index is 0.0610. The monoisotopic (exact) mass is 707 g/mol. The number of hydrogen-bond donors (Lipinski definition) is 1. The molecule has 1 aliphatic heterocycles. The van der Waals surface area contributed by atoms with Crippen LogP contribution in [0.3, 0.4) is 0 Å². The van der Waals surface area contributed by atoms with Gasteiger partial charge in [-0.25, -0.2) is 31.9 Å². The number of nitrogens with zero attached hydrogens (tertiary/aromatic N) is 6. The van der Waals surface area contributed by atoms with Crippen LogP contribution < -0.4 is 14.4 Å².